The van der Waals surface area contributed by atoms with E-state index in [9.17, 15) is 4.79 Å². The molecule has 20 heavy (non-hydrogen) atoms. The molecule has 0 bridgehead atoms. The molecule has 2 heterocycles. The van der Waals surface area contributed by atoms with E-state index >= 15 is 0 Å². The van der Waals surface area contributed by atoms with Crippen LogP contribution in [0.4, 0.5) is 0 Å². The number of hydrogen-bond donors (Lipinski definition) is 2. The van der Waals surface area contributed by atoms with Crippen molar-refractivity contribution in [3.63, 3.8) is 0 Å². The standard InChI is InChI=1S/C15H18N2O2S/c1-10(18)5-7-16-15(19)13-3-4-14(17-11(13)2)12-6-8-20-9-12/h3-4,6,8-10,18H,5,7H2,1-2H3,(H,16,19). The van der Waals surface area contributed by atoms with Crippen LogP contribution in [0.25, 0.3) is 11.3 Å². The minimum absolute atomic E-state index is 0.146. The van der Waals surface area contributed by atoms with E-state index in [2.05, 4.69) is 10.3 Å². The number of pyridine rings is 1. The first-order valence-corrected chi connectivity index (χ1v) is 7.48. The minimum atomic E-state index is -0.407. The predicted molar refractivity (Wildman–Crippen MR) is 80.9 cm³/mol. The van der Waals surface area contributed by atoms with Crippen molar-refractivity contribution >= 4 is 17.2 Å². The van der Waals surface area contributed by atoms with E-state index in [0.717, 1.165) is 11.3 Å². The van der Waals surface area contributed by atoms with Gasteiger partial charge >= 0.3 is 0 Å². The summed E-state index contributed by atoms with van der Waals surface area (Å²) >= 11 is 1.62. The molecule has 0 aliphatic heterocycles. The molecule has 1 amide bonds. The Morgan fingerprint density at radius 2 is 2.25 bits per heavy atom. The zero-order valence-corrected chi connectivity index (χ0v) is 12.4. The van der Waals surface area contributed by atoms with Crippen LogP contribution < -0.4 is 5.32 Å². The van der Waals surface area contributed by atoms with Crippen molar-refractivity contribution in [1.82, 2.24) is 10.3 Å². The average Bonchev–Trinajstić information content (AvgIpc) is 2.91. The molecule has 2 aromatic heterocycles. The Hall–Kier alpha value is -1.72. The fourth-order valence-corrected chi connectivity index (χ4v) is 2.51. The van der Waals surface area contributed by atoms with Gasteiger partial charge in [-0.25, -0.2) is 0 Å². The summed E-state index contributed by atoms with van der Waals surface area (Å²) in [7, 11) is 0. The molecule has 0 aliphatic carbocycles. The lowest BCUT2D eigenvalue weighted by atomic mass is 10.1. The van der Waals surface area contributed by atoms with Crippen LogP contribution in [0.5, 0.6) is 0 Å². The zero-order valence-electron chi connectivity index (χ0n) is 11.6. The van der Waals surface area contributed by atoms with Gasteiger partial charge in [0.05, 0.1) is 23.1 Å². The number of aliphatic hydroxyl groups excluding tert-OH is 1. The average molecular weight is 290 g/mol. The molecule has 0 saturated carbocycles. The van der Waals surface area contributed by atoms with Crippen molar-refractivity contribution in [3.05, 3.63) is 40.2 Å². The van der Waals surface area contributed by atoms with Gasteiger partial charge in [-0.2, -0.15) is 11.3 Å². The third-order valence-corrected chi connectivity index (χ3v) is 3.68. The third kappa shape index (κ3) is 3.65. The summed E-state index contributed by atoms with van der Waals surface area (Å²) in [5.41, 5.74) is 3.24. The Morgan fingerprint density at radius 1 is 1.45 bits per heavy atom. The molecule has 2 rings (SSSR count). The van der Waals surface area contributed by atoms with Gasteiger partial charge in [0.1, 0.15) is 0 Å². The highest BCUT2D eigenvalue weighted by Gasteiger charge is 2.11. The maximum Gasteiger partial charge on any atom is 0.253 e. The van der Waals surface area contributed by atoms with E-state index in [4.69, 9.17) is 5.11 Å². The summed E-state index contributed by atoms with van der Waals surface area (Å²) < 4.78 is 0. The molecule has 0 spiro atoms. The van der Waals surface area contributed by atoms with Crippen LogP contribution >= 0.6 is 11.3 Å². The molecule has 4 nitrogen and oxygen atoms in total. The lowest BCUT2D eigenvalue weighted by molar-refractivity contribution is 0.0944. The summed E-state index contributed by atoms with van der Waals surface area (Å²) in [6.07, 6.45) is 0.140. The number of thiophene rings is 1. The molecule has 1 unspecified atom stereocenters. The van der Waals surface area contributed by atoms with E-state index < -0.39 is 6.10 Å². The van der Waals surface area contributed by atoms with Gasteiger partial charge in [0, 0.05) is 17.5 Å². The summed E-state index contributed by atoms with van der Waals surface area (Å²) in [5.74, 6) is -0.146. The Kier molecular flexibility index (Phi) is 4.87. The van der Waals surface area contributed by atoms with Crippen LogP contribution in [0.2, 0.25) is 0 Å². The van der Waals surface area contributed by atoms with Gasteiger partial charge in [0.2, 0.25) is 0 Å². The molecule has 0 radical (unpaired) electrons. The highest BCUT2D eigenvalue weighted by molar-refractivity contribution is 7.08. The summed E-state index contributed by atoms with van der Waals surface area (Å²) in [6, 6.07) is 5.67. The number of aromatic nitrogens is 1. The summed E-state index contributed by atoms with van der Waals surface area (Å²) in [4.78, 5) is 16.5. The van der Waals surface area contributed by atoms with Crippen molar-refractivity contribution in [2.24, 2.45) is 0 Å². The van der Waals surface area contributed by atoms with Crippen molar-refractivity contribution in [3.8, 4) is 11.3 Å². The first-order chi connectivity index (χ1) is 9.58. The molecular formula is C15H18N2O2S. The number of aliphatic hydroxyl groups is 1. The van der Waals surface area contributed by atoms with Gasteiger partial charge in [0.25, 0.3) is 5.91 Å². The Balaban J connectivity index is 2.08. The fourth-order valence-electron chi connectivity index (χ4n) is 1.86. The van der Waals surface area contributed by atoms with Gasteiger partial charge in [-0.15, -0.1) is 0 Å². The number of amides is 1. The SMILES string of the molecule is Cc1nc(-c2ccsc2)ccc1C(=O)NCCC(C)O. The minimum Gasteiger partial charge on any atom is -0.393 e. The van der Waals surface area contributed by atoms with Crippen LogP contribution in [0.3, 0.4) is 0 Å². The fraction of sp³-hybridized carbons (Fsp3) is 0.333. The lowest BCUT2D eigenvalue weighted by Gasteiger charge is -2.09. The van der Waals surface area contributed by atoms with E-state index in [1.54, 1.807) is 24.3 Å². The monoisotopic (exact) mass is 290 g/mol. The number of rotatable bonds is 5. The highest BCUT2D eigenvalue weighted by Crippen LogP contribution is 2.21. The van der Waals surface area contributed by atoms with Crippen molar-refractivity contribution in [2.45, 2.75) is 26.4 Å². The Labute approximate surface area is 122 Å². The third-order valence-electron chi connectivity index (χ3n) is 3.00. The largest absolute Gasteiger partial charge is 0.393 e. The van der Waals surface area contributed by atoms with Crippen LogP contribution in [0.1, 0.15) is 29.4 Å². The number of carbonyl (C=O) groups is 1. The molecule has 0 aromatic carbocycles. The molecule has 5 heteroatoms. The molecule has 0 aliphatic rings. The second-order valence-corrected chi connectivity index (χ2v) is 5.52. The Morgan fingerprint density at radius 3 is 2.85 bits per heavy atom. The number of hydrogen-bond acceptors (Lipinski definition) is 4. The molecular weight excluding hydrogens is 272 g/mol. The second kappa shape index (κ2) is 6.63. The molecule has 106 valence electrons. The van der Waals surface area contributed by atoms with Gasteiger partial charge in [-0.3, -0.25) is 9.78 Å². The van der Waals surface area contributed by atoms with E-state index in [1.807, 2.05) is 29.8 Å². The predicted octanol–water partition coefficient (Wildman–Crippen LogP) is 2.62. The topological polar surface area (TPSA) is 62.2 Å². The number of nitrogens with one attached hydrogen (secondary N) is 1. The number of nitrogens with zero attached hydrogens (tertiary/aromatic N) is 1. The second-order valence-electron chi connectivity index (χ2n) is 4.74. The van der Waals surface area contributed by atoms with Crippen molar-refractivity contribution < 1.29 is 9.90 Å². The van der Waals surface area contributed by atoms with Gasteiger partial charge < -0.3 is 10.4 Å². The molecule has 0 fully saturated rings. The normalized spacial score (nSPS) is 12.2. The van der Waals surface area contributed by atoms with Crippen LogP contribution in [0.15, 0.2) is 29.0 Å². The quantitative estimate of drug-likeness (QED) is 0.890. The molecule has 2 N–H and O–H groups in total. The number of carbonyl (C=O) groups excluding carboxylic acids is 1. The highest BCUT2D eigenvalue weighted by atomic mass is 32.1. The maximum absolute atomic E-state index is 12.0. The van der Waals surface area contributed by atoms with Crippen LogP contribution in [-0.2, 0) is 0 Å². The van der Waals surface area contributed by atoms with E-state index in [-0.39, 0.29) is 5.91 Å². The lowest BCUT2D eigenvalue weighted by Crippen LogP contribution is -2.27. The molecule has 2 aromatic rings. The molecule has 1 atom stereocenters. The van der Waals surface area contributed by atoms with Crippen LogP contribution in [-0.4, -0.2) is 28.6 Å². The van der Waals surface area contributed by atoms with E-state index in [1.165, 1.54) is 0 Å². The first kappa shape index (κ1) is 14.7. The first-order valence-electron chi connectivity index (χ1n) is 6.54. The van der Waals surface area contributed by atoms with Crippen molar-refractivity contribution in [1.29, 1.82) is 0 Å². The summed E-state index contributed by atoms with van der Waals surface area (Å²) in [6.45, 7) is 4.00. The van der Waals surface area contributed by atoms with E-state index in [0.29, 0.717) is 24.2 Å². The van der Waals surface area contributed by atoms with Gasteiger partial charge in [-0.05, 0) is 43.8 Å². The smallest absolute Gasteiger partial charge is 0.253 e. The Bertz CT molecular complexity index is 580. The summed E-state index contributed by atoms with van der Waals surface area (Å²) in [5, 5.41) is 16.0. The number of aryl methyl sites for hydroxylation is 1. The van der Waals surface area contributed by atoms with Gasteiger partial charge in [-0.1, -0.05) is 0 Å². The van der Waals surface area contributed by atoms with Crippen molar-refractivity contribution in [2.75, 3.05) is 6.54 Å². The molecule has 0 saturated heterocycles. The zero-order chi connectivity index (χ0) is 14.5. The van der Waals surface area contributed by atoms with Crippen LogP contribution in [0, 0.1) is 6.92 Å². The maximum atomic E-state index is 12.0. The van der Waals surface area contributed by atoms with Gasteiger partial charge in [0.15, 0.2) is 0 Å².